The Labute approximate surface area is 86.0 Å². The highest BCUT2D eigenvalue weighted by Gasteiger charge is 1.63. The molecule has 0 amide bonds. The van der Waals surface area contributed by atoms with Gasteiger partial charge in [-0.2, -0.15) is 9.98 Å². The molecule has 0 rings (SSSR count). The highest BCUT2D eigenvalue weighted by atomic mass is 16.5. The minimum Gasteiger partial charge on any atom is -0.371 e. The number of rotatable bonds is 2. The van der Waals surface area contributed by atoms with Crippen LogP contribution in [-0.4, -0.2) is 35.8 Å². The van der Waals surface area contributed by atoms with Gasteiger partial charge in [-0.25, -0.2) is 9.59 Å². The zero-order valence-corrected chi connectivity index (χ0v) is 5.02. The summed E-state index contributed by atoms with van der Waals surface area (Å²) in [6.07, 6.45) is 2.41. The predicted molar refractivity (Wildman–Crippen MR) is 57.3 cm³/mol. The number of carbonyl (C=O) groups excluding carboxylic acids is 2. The second-order valence-electron chi connectivity index (χ2n) is 0.782. The first-order valence-corrected chi connectivity index (χ1v) is 2.12. The van der Waals surface area contributed by atoms with E-state index in [0.29, 0.717) is 0 Å². The van der Waals surface area contributed by atoms with Crippen molar-refractivity contribution in [1.29, 1.82) is 0 Å². The molecule has 0 aromatic rings. The molecular formula is C8H22N2O4. The molecule has 14 heavy (non-hydrogen) atoms. The van der Waals surface area contributed by atoms with Gasteiger partial charge in [0.25, 0.3) is 0 Å². The standard InChI is InChI=1S/C3H2N2O2.CH4O2.4CH4/c6-2-4-1-5-3-7;2-1-3;;;;/h1H2;2-3H,1H2;4*1H4. The van der Waals surface area contributed by atoms with Gasteiger partial charge in [0.05, 0.1) is 0 Å². The normalized spacial score (nSPS) is 4.14. The van der Waals surface area contributed by atoms with Gasteiger partial charge < -0.3 is 10.2 Å². The molecule has 0 fully saturated rings. The highest BCUT2D eigenvalue weighted by Crippen LogP contribution is 1.61. The Hall–Kier alpha value is -1.32. The molecule has 0 bridgehead atoms. The number of hydrogen-bond acceptors (Lipinski definition) is 6. The van der Waals surface area contributed by atoms with Gasteiger partial charge in [0.2, 0.25) is 12.2 Å². The summed E-state index contributed by atoms with van der Waals surface area (Å²) < 4.78 is 0. The molecule has 2 N–H and O–H groups in total. The second-order valence-corrected chi connectivity index (χ2v) is 0.782. The largest absolute Gasteiger partial charge is 0.371 e. The molecule has 6 heteroatoms. The van der Waals surface area contributed by atoms with Crippen molar-refractivity contribution in [2.45, 2.75) is 29.7 Å². The minimum atomic E-state index is -0.750. The van der Waals surface area contributed by atoms with Crippen LogP contribution in [-0.2, 0) is 9.59 Å². The molecule has 0 aliphatic carbocycles. The molecule has 0 aromatic heterocycles. The average Bonchev–Trinajstić information content (AvgIpc) is 1.91. The molecule has 0 aliphatic rings. The minimum absolute atomic E-state index is 0. The molecule has 88 valence electrons. The summed E-state index contributed by atoms with van der Waals surface area (Å²) in [5.74, 6) is 0. The summed E-state index contributed by atoms with van der Waals surface area (Å²) in [5.41, 5.74) is 0. The summed E-state index contributed by atoms with van der Waals surface area (Å²) in [4.78, 5) is 24.2. The van der Waals surface area contributed by atoms with Gasteiger partial charge in [-0.05, 0) is 0 Å². The third kappa shape index (κ3) is 139. The van der Waals surface area contributed by atoms with Crippen molar-refractivity contribution in [3.05, 3.63) is 0 Å². The van der Waals surface area contributed by atoms with Crippen LogP contribution in [0.1, 0.15) is 29.7 Å². The molecule has 0 atom stereocenters. The fraction of sp³-hybridized carbons (Fsp3) is 0.750. The molecular weight excluding hydrogens is 188 g/mol. The first kappa shape index (κ1) is 38.8. The molecule has 0 heterocycles. The number of aliphatic hydroxyl groups excluding tert-OH is 1. The number of aliphatic imine (C=N–C) groups is 2. The molecule has 0 spiro atoms. The fourth-order valence-electron chi connectivity index (χ4n) is 0.0931. The number of isocyanates is 2. The number of aliphatic hydroxyl groups is 2. The first-order chi connectivity index (χ1) is 4.83. The molecule has 0 unspecified atom stereocenters. The Bertz CT molecular complexity index is 133. The van der Waals surface area contributed by atoms with E-state index in [2.05, 4.69) is 9.98 Å². The molecule has 0 saturated carbocycles. The second kappa shape index (κ2) is 60.8. The zero-order valence-electron chi connectivity index (χ0n) is 5.02. The molecule has 6 nitrogen and oxygen atoms in total. The Morgan fingerprint density at radius 3 is 1.21 bits per heavy atom. The molecule has 0 saturated heterocycles. The average molecular weight is 210 g/mol. The summed E-state index contributed by atoms with van der Waals surface area (Å²) in [6.45, 7) is -0.910. The van der Waals surface area contributed by atoms with Gasteiger partial charge in [0.1, 0.15) is 6.79 Å². The smallest absolute Gasteiger partial charge is 0.236 e. The summed E-state index contributed by atoms with van der Waals surface area (Å²) in [5, 5.41) is 14.2. The van der Waals surface area contributed by atoms with Crippen molar-refractivity contribution in [2.24, 2.45) is 9.98 Å². The predicted octanol–water partition coefficient (Wildman–Crippen LogP) is 1.09. The summed E-state index contributed by atoms with van der Waals surface area (Å²) in [7, 11) is 0. The highest BCUT2D eigenvalue weighted by molar-refractivity contribution is 5.35. The fourth-order valence-corrected chi connectivity index (χ4v) is 0.0931. The Morgan fingerprint density at radius 1 is 0.857 bits per heavy atom. The van der Waals surface area contributed by atoms with Gasteiger partial charge in [-0.15, -0.1) is 0 Å². The first-order valence-electron chi connectivity index (χ1n) is 2.12. The van der Waals surface area contributed by atoms with Crippen LogP contribution >= 0.6 is 0 Å². The van der Waals surface area contributed by atoms with E-state index in [0.717, 1.165) is 0 Å². The van der Waals surface area contributed by atoms with E-state index in [4.69, 9.17) is 10.2 Å². The SMILES string of the molecule is C.C.C.C.O=C=NCN=C=O.OCO. The van der Waals surface area contributed by atoms with E-state index in [1.807, 2.05) is 0 Å². The van der Waals surface area contributed by atoms with Crippen molar-refractivity contribution in [2.75, 3.05) is 13.5 Å². The van der Waals surface area contributed by atoms with Crippen LogP contribution < -0.4 is 0 Å². The molecule has 0 aliphatic heterocycles. The third-order valence-corrected chi connectivity index (χ3v) is 0.271. The van der Waals surface area contributed by atoms with Gasteiger partial charge in [0, 0.05) is 0 Å². The summed E-state index contributed by atoms with van der Waals surface area (Å²) >= 11 is 0. The van der Waals surface area contributed by atoms with E-state index in [1.54, 1.807) is 0 Å². The topological polar surface area (TPSA) is 99.3 Å². The van der Waals surface area contributed by atoms with Gasteiger partial charge in [-0.1, -0.05) is 29.7 Å². The monoisotopic (exact) mass is 210 g/mol. The number of hydrogen-bond donors (Lipinski definition) is 2. The van der Waals surface area contributed by atoms with Crippen molar-refractivity contribution < 1.29 is 19.8 Å². The van der Waals surface area contributed by atoms with Crippen molar-refractivity contribution in [1.82, 2.24) is 0 Å². The quantitative estimate of drug-likeness (QED) is 0.405. The van der Waals surface area contributed by atoms with Crippen molar-refractivity contribution in [3.63, 3.8) is 0 Å². The van der Waals surface area contributed by atoms with Crippen molar-refractivity contribution in [3.8, 4) is 0 Å². The van der Waals surface area contributed by atoms with Crippen LogP contribution in [0.2, 0.25) is 0 Å². The van der Waals surface area contributed by atoms with E-state index >= 15 is 0 Å². The van der Waals surface area contributed by atoms with E-state index < -0.39 is 6.79 Å². The van der Waals surface area contributed by atoms with Crippen LogP contribution in [0.3, 0.4) is 0 Å². The van der Waals surface area contributed by atoms with Crippen LogP contribution in [0.15, 0.2) is 9.98 Å². The van der Waals surface area contributed by atoms with Gasteiger partial charge in [-0.3, -0.25) is 0 Å². The lowest BCUT2D eigenvalue weighted by atomic mass is 11.1. The van der Waals surface area contributed by atoms with Gasteiger partial charge >= 0.3 is 0 Å². The Balaban J connectivity index is -0.0000000208. The third-order valence-electron chi connectivity index (χ3n) is 0.271. The van der Waals surface area contributed by atoms with E-state index in [1.165, 1.54) is 12.2 Å². The van der Waals surface area contributed by atoms with Crippen LogP contribution in [0.4, 0.5) is 0 Å². The lowest BCUT2D eigenvalue weighted by Crippen LogP contribution is -1.66. The Morgan fingerprint density at radius 2 is 1.07 bits per heavy atom. The summed E-state index contributed by atoms with van der Waals surface area (Å²) in [6, 6.07) is 0. The van der Waals surface area contributed by atoms with Crippen LogP contribution in [0, 0.1) is 0 Å². The molecule has 0 radical (unpaired) electrons. The van der Waals surface area contributed by atoms with Gasteiger partial charge in [0.15, 0.2) is 6.67 Å². The van der Waals surface area contributed by atoms with Crippen LogP contribution in [0.5, 0.6) is 0 Å². The van der Waals surface area contributed by atoms with E-state index in [9.17, 15) is 9.59 Å². The lowest BCUT2D eigenvalue weighted by Gasteiger charge is -1.63. The maximum Gasteiger partial charge on any atom is 0.236 e. The number of nitrogens with zero attached hydrogens (tertiary/aromatic N) is 2. The van der Waals surface area contributed by atoms with Crippen molar-refractivity contribution >= 4 is 12.2 Å². The van der Waals surface area contributed by atoms with E-state index in [-0.39, 0.29) is 36.4 Å². The molecule has 0 aromatic carbocycles. The maximum absolute atomic E-state index is 9.20. The lowest BCUT2D eigenvalue weighted by molar-refractivity contribution is 0.0773. The maximum atomic E-state index is 9.20. The van der Waals surface area contributed by atoms with Crippen LogP contribution in [0.25, 0.3) is 0 Å². The zero-order chi connectivity index (χ0) is 8.24. The Kier molecular flexibility index (Phi) is 168.